The molecule has 4 heteroatoms. The van der Waals surface area contributed by atoms with Crippen molar-refractivity contribution in [3.63, 3.8) is 0 Å². The maximum Gasteiger partial charge on any atom is 0.256 e. The largest absolute Gasteiger partial charge is 0.494 e. The summed E-state index contributed by atoms with van der Waals surface area (Å²) in [5, 5.41) is 2.78. The predicted octanol–water partition coefficient (Wildman–Crippen LogP) is 1.62. The van der Waals surface area contributed by atoms with Crippen molar-refractivity contribution in [3.05, 3.63) is 24.0 Å². The van der Waals surface area contributed by atoms with Crippen LogP contribution < -0.4 is 10.1 Å². The first-order valence-electron chi connectivity index (χ1n) is 5.47. The van der Waals surface area contributed by atoms with Gasteiger partial charge in [0.15, 0.2) is 0 Å². The number of nitrogens with zero attached hydrogens (tertiary/aromatic N) is 1. The molecule has 0 aliphatic rings. The van der Waals surface area contributed by atoms with Crippen LogP contribution in [0, 0.1) is 12.3 Å². The summed E-state index contributed by atoms with van der Waals surface area (Å²) in [7, 11) is 1.50. The maximum atomic E-state index is 12.0. The highest BCUT2D eigenvalue weighted by Crippen LogP contribution is 2.15. The molecule has 90 valence electrons. The third-order valence-electron chi connectivity index (χ3n) is 2.33. The molecule has 1 aromatic rings. The lowest BCUT2D eigenvalue weighted by molar-refractivity contribution is 0.0941. The molecule has 1 aromatic heterocycles. The average molecular weight is 232 g/mol. The predicted molar refractivity (Wildman–Crippen MR) is 65.8 cm³/mol. The summed E-state index contributed by atoms with van der Waals surface area (Å²) in [5.41, 5.74) is 0.443. The van der Waals surface area contributed by atoms with Gasteiger partial charge in [-0.1, -0.05) is 19.3 Å². The van der Waals surface area contributed by atoms with Crippen molar-refractivity contribution in [1.29, 1.82) is 0 Å². The first kappa shape index (κ1) is 13.0. The molecule has 0 aromatic carbocycles. The summed E-state index contributed by atoms with van der Waals surface area (Å²) in [6, 6.07) is 1.36. The molecule has 0 bridgehead atoms. The molecule has 1 N–H and O–H groups in total. The van der Waals surface area contributed by atoms with Crippen LogP contribution in [0.5, 0.6) is 5.75 Å². The topological polar surface area (TPSA) is 51.2 Å². The van der Waals surface area contributed by atoms with Crippen molar-refractivity contribution in [2.75, 3.05) is 7.11 Å². The Morgan fingerprint density at radius 3 is 3.06 bits per heavy atom. The number of amides is 1. The van der Waals surface area contributed by atoms with E-state index in [-0.39, 0.29) is 11.9 Å². The molecule has 1 unspecified atom stereocenters. The standard InChI is InChI=1S/C13H16N2O2/c1-4-6-10(5-2)15-13(16)11-7-8-14-9-12(11)17-3/h2,7-10H,4,6H2,1,3H3,(H,15,16). The van der Waals surface area contributed by atoms with Crippen LogP contribution in [0.1, 0.15) is 30.1 Å². The first-order valence-corrected chi connectivity index (χ1v) is 5.47. The highest BCUT2D eigenvalue weighted by atomic mass is 16.5. The fourth-order valence-electron chi connectivity index (χ4n) is 1.45. The van der Waals surface area contributed by atoms with Gasteiger partial charge in [0.25, 0.3) is 5.91 Å². The third-order valence-corrected chi connectivity index (χ3v) is 2.33. The number of nitrogens with one attached hydrogen (secondary N) is 1. The minimum absolute atomic E-state index is 0.236. The fourth-order valence-corrected chi connectivity index (χ4v) is 1.45. The average Bonchev–Trinajstić information content (AvgIpc) is 2.38. The van der Waals surface area contributed by atoms with E-state index in [0.29, 0.717) is 11.3 Å². The number of hydrogen-bond acceptors (Lipinski definition) is 3. The van der Waals surface area contributed by atoms with E-state index in [1.165, 1.54) is 13.3 Å². The van der Waals surface area contributed by atoms with Gasteiger partial charge < -0.3 is 10.1 Å². The summed E-state index contributed by atoms with van der Waals surface area (Å²) in [6.45, 7) is 2.02. The Balaban J connectivity index is 2.79. The first-order chi connectivity index (χ1) is 8.22. The number of pyridine rings is 1. The summed E-state index contributed by atoms with van der Waals surface area (Å²) in [5.74, 6) is 2.76. The number of hydrogen-bond donors (Lipinski definition) is 1. The van der Waals surface area contributed by atoms with Gasteiger partial charge in [0, 0.05) is 6.20 Å². The second-order valence-corrected chi connectivity index (χ2v) is 3.56. The minimum Gasteiger partial charge on any atom is -0.494 e. The van der Waals surface area contributed by atoms with E-state index in [0.717, 1.165) is 12.8 Å². The van der Waals surface area contributed by atoms with E-state index in [1.807, 2.05) is 6.92 Å². The van der Waals surface area contributed by atoms with Crippen LogP contribution in [-0.2, 0) is 0 Å². The van der Waals surface area contributed by atoms with Crippen LogP contribution in [-0.4, -0.2) is 24.0 Å². The smallest absolute Gasteiger partial charge is 0.256 e. The summed E-state index contributed by atoms with van der Waals surface area (Å²) < 4.78 is 5.07. The lowest BCUT2D eigenvalue weighted by Crippen LogP contribution is -2.33. The zero-order valence-electron chi connectivity index (χ0n) is 10.1. The molecule has 0 aliphatic carbocycles. The Bertz CT molecular complexity index is 424. The van der Waals surface area contributed by atoms with Gasteiger partial charge in [-0.3, -0.25) is 9.78 Å². The Labute approximate surface area is 101 Å². The van der Waals surface area contributed by atoms with Crippen LogP contribution in [0.25, 0.3) is 0 Å². The molecule has 0 saturated carbocycles. The molecule has 17 heavy (non-hydrogen) atoms. The van der Waals surface area contributed by atoms with Gasteiger partial charge in [-0.15, -0.1) is 6.42 Å². The van der Waals surface area contributed by atoms with Crippen molar-refractivity contribution in [3.8, 4) is 18.1 Å². The second-order valence-electron chi connectivity index (χ2n) is 3.56. The van der Waals surface area contributed by atoms with Crippen molar-refractivity contribution < 1.29 is 9.53 Å². The number of methoxy groups -OCH3 is 1. The van der Waals surface area contributed by atoms with E-state index in [4.69, 9.17) is 11.2 Å². The monoisotopic (exact) mass is 232 g/mol. The molecule has 0 aliphatic heterocycles. The number of aromatic nitrogens is 1. The van der Waals surface area contributed by atoms with Gasteiger partial charge in [0.05, 0.1) is 24.9 Å². The van der Waals surface area contributed by atoms with Gasteiger partial charge in [0.1, 0.15) is 5.75 Å². The molecule has 4 nitrogen and oxygen atoms in total. The van der Waals surface area contributed by atoms with Gasteiger partial charge in [-0.2, -0.15) is 0 Å². The van der Waals surface area contributed by atoms with E-state index < -0.39 is 0 Å². The molecular formula is C13H16N2O2. The van der Waals surface area contributed by atoms with Crippen LogP contribution in [0.2, 0.25) is 0 Å². The number of ether oxygens (including phenoxy) is 1. The van der Waals surface area contributed by atoms with E-state index in [1.54, 1.807) is 12.3 Å². The van der Waals surface area contributed by atoms with Crippen molar-refractivity contribution >= 4 is 5.91 Å². The van der Waals surface area contributed by atoms with E-state index in [2.05, 4.69) is 16.2 Å². The van der Waals surface area contributed by atoms with Gasteiger partial charge in [0.2, 0.25) is 0 Å². The summed E-state index contributed by atoms with van der Waals surface area (Å²) >= 11 is 0. The number of carbonyl (C=O) groups excluding carboxylic acids is 1. The quantitative estimate of drug-likeness (QED) is 0.785. The lowest BCUT2D eigenvalue weighted by Gasteiger charge is -2.13. The highest BCUT2D eigenvalue weighted by molar-refractivity contribution is 5.97. The highest BCUT2D eigenvalue weighted by Gasteiger charge is 2.14. The molecule has 1 amide bonds. The molecular weight excluding hydrogens is 216 g/mol. The summed E-state index contributed by atoms with van der Waals surface area (Å²) in [4.78, 5) is 15.8. The Morgan fingerprint density at radius 2 is 2.47 bits per heavy atom. The molecule has 0 radical (unpaired) electrons. The Hall–Kier alpha value is -2.02. The SMILES string of the molecule is C#CC(CCC)NC(=O)c1ccncc1OC. The van der Waals surface area contributed by atoms with Crippen molar-refractivity contribution in [1.82, 2.24) is 10.3 Å². The van der Waals surface area contributed by atoms with Gasteiger partial charge in [-0.05, 0) is 12.5 Å². The van der Waals surface area contributed by atoms with E-state index in [9.17, 15) is 4.79 Å². The van der Waals surface area contributed by atoms with Crippen molar-refractivity contribution in [2.24, 2.45) is 0 Å². The van der Waals surface area contributed by atoms with Crippen LogP contribution >= 0.6 is 0 Å². The molecule has 0 spiro atoms. The third kappa shape index (κ3) is 3.49. The molecule has 1 atom stereocenters. The minimum atomic E-state index is -0.245. The van der Waals surface area contributed by atoms with Gasteiger partial charge >= 0.3 is 0 Å². The Kier molecular flexibility index (Phi) is 5.02. The van der Waals surface area contributed by atoms with Gasteiger partial charge in [-0.25, -0.2) is 0 Å². The molecule has 1 rings (SSSR count). The van der Waals surface area contributed by atoms with Crippen LogP contribution in [0.15, 0.2) is 18.5 Å². The summed E-state index contributed by atoms with van der Waals surface area (Å²) in [6.07, 6.45) is 10.1. The second kappa shape index (κ2) is 6.54. The zero-order chi connectivity index (χ0) is 12.7. The number of carbonyl (C=O) groups is 1. The molecule has 0 saturated heterocycles. The molecule has 1 heterocycles. The number of terminal acetylenes is 1. The maximum absolute atomic E-state index is 12.0. The normalized spacial score (nSPS) is 11.4. The molecule has 0 fully saturated rings. The van der Waals surface area contributed by atoms with E-state index >= 15 is 0 Å². The van der Waals surface area contributed by atoms with Crippen LogP contribution in [0.3, 0.4) is 0 Å². The fraction of sp³-hybridized carbons (Fsp3) is 0.385. The Morgan fingerprint density at radius 1 is 1.71 bits per heavy atom. The zero-order valence-corrected chi connectivity index (χ0v) is 10.1. The van der Waals surface area contributed by atoms with Crippen LogP contribution in [0.4, 0.5) is 0 Å². The number of rotatable bonds is 5. The van der Waals surface area contributed by atoms with Crippen molar-refractivity contribution in [2.45, 2.75) is 25.8 Å². The lowest BCUT2D eigenvalue weighted by atomic mass is 10.1.